The van der Waals surface area contributed by atoms with Crippen LogP contribution in [0.1, 0.15) is 13.8 Å². The Balaban J connectivity index is 1.86. The van der Waals surface area contributed by atoms with Gasteiger partial charge in [-0.05, 0) is 38.1 Å². The molecular formula is C25H31N5O4. The summed E-state index contributed by atoms with van der Waals surface area (Å²) in [4.78, 5) is 31.6. The molecule has 3 amide bonds. The van der Waals surface area contributed by atoms with Gasteiger partial charge in [-0.3, -0.25) is 14.7 Å². The largest absolute Gasteiger partial charge is 0.497 e. The number of methoxy groups -OCH3 is 2. The van der Waals surface area contributed by atoms with Gasteiger partial charge in [0.05, 0.1) is 19.4 Å². The number of amides is 3. The highest BCUT2D eigenvalue weighted by atomic mass is 16.5. The van der Waals surface area contributed by atoms with Crippen LogP contribution in [0.4, 0.5) is 10.7 Å². The Morgan fingerprint density at radius 1 is 1.06 bits per heavy atom. The predicted molar refractivity (Wildman–Crippen MR) is 131 cm³/mol. The lowest BCUT2D eigenvalue weighted by molar-refractivity contribution is -0.117. The minimum Gasteiger partial charge on any atom is -0.497 e. The molecule has 2 aromatic carbocycles. The van der Waals surface area contributed by atoms with Gasteiger partial charge in [0.1, 0.15) is 12.3 Å². The van der Waals surface area contributed by atoms with Crippen LogP contribution in [0.15, 0.2) is 60.8 Å². The molecule has 3 rings (SSSR count). The van der Waals surface area contributed by atoms with Crippen LogP contribution in [0.5, 0.6) is 5.75 Å². The number of anilines is 1. The lowest BCUT2D eigenvalue weighted by Crippen LogP contribution is -2.47. The SMILES string of the molecule is COCCN(CC(=O)Nc1nc(-c2ccccc2)cn1-c1ccc(OC)cc1)C(=O)NC(C)C. The Morgan fingerprint density at radius 2 is 1.76 bits per heavy atom. The van der Waals surface area contributed by atoms with E-state index in [0.717, 1.165) is 17.0 Å². The van der Waals surface area contributed by atoms with Crippen LogP contribution < -0.4 is 15.4 Å². The van der Waals surface area contributed by atoms with Crippen molar-refractivity contribution >= 4 is 17.9 Å². The smallest absolute Gasteiger partial charge is 0.318 e. The van der Waals surface area contributed by atoms with Crippen molar-refractivity contribution in [2.45, 2.75) is 19.9 Å². The zero-order chi connectivity index (χ0) is 24.5. The van der Waals surface area contributed by atoms with E-state index in [2.05, 4.69) is 15.6 Å². The molecule has 34 heavy (non-hydrogen) atoms. The fraction of sp³-hybridized carbons (Fsp3) is 0.320. The van der Waals surface area contributed by atoms with Gasteiger partial charge in [0.2, 0.25) is 11.9 Å². The molecule has 0 spiro atoms. The van der Waals surface area contributed by atoms with Crippen molar-refractivity contribution in [1.82, 2.24) is 19.8 Å². The number of aromatic nitrogens is 2. The number of nitrogens with one attached hydrogen (secondary N) is 2. The van der Waals surface area contributed by atoms with Gasteiger partial charge in [0.25, 0.3) is 0 Å². The van der Waals surface area contributed by atoms with Crippen molar-refractivity contribution in [3.63, 3.8) is 0 Å². The van der Waals surface area contributed by atoms with Crippen LogP contribution >= 0.6 is 0 Å². The van der Waals surface area contributed by atoms with Crippen LogP contribution in [0.25, 0.3) is 16.9 Å². The number of carbonyl (C=O) groups excluding carboxylic acids is 2. The van der Waals surface area contributed by atoms with Gasteiger partial charge in [-0.1, -0.05) is 30.3 Å². The first-order chi connectivity index (χ1) is 16.4. The van der Waals surface area contributed by atoms with Gasteiger partial charge in [-0.2, -0.15) is 0 Å². The van der Waals surface area contributed by atoms with Crippen molar-refractivity contribution < 1.29 is 19.1 Å². The molecule has 0 aliphatic heterocycles. The van der Waals surface area contributed by atoms with Crippen molar-refractivity contribution in [3.05, 3.63) is 60.8 Å². The van der Waals surface area contributed by atoms with E-state index in [1.807, 2.05) is 74.6 Å². The predicted octanol–water partition coefficient (Wildman–Crippen LogP) is 3.55. The highest BCUT2D eigenvalue weighted by Crippen LogP contribution is 2.25. The summed E-state index contributed by atoms with van der Waals surface area (Å²) in [6.45, 7) is 4.19. The molecule has 0 aliphatic rings. The molecule has 1 aromatic heterocycles. The Morgan fingerprint density at radius 3 is 2.38 bits per heavy atom. The molecule has 180 valence electrons. The molecule has 0 fully saturated rings. The van der Waals surface area contributed by atoms with Crippen molar-refractivity contribution in [3.8, 4) is 22.7 Å². The van der Waals surface area contributed by atoms with Crippen LogP contribution in [0.2, 0.25) is 0 Å². The Kier molecular flexibility index (Phi) is 8.64. The maximum absolute atomic E-state index is 13.0. The number of benzene rings is 2. The Labute approximate surface area is 199 Å². The second-order valence-corrected chi connectivity index (χ2v) is 7.95. The molecule has 9 heteroatoms. The van der Waals surface area contributed by atoms with E-state index >= 15 is 0 Å². The molecule has 0 atom stereocenters. The molecule has 3 aromatic rings. The molecule has 1 heterocycles. The van der Waals surface area contributed by atoms with E-state index in [-0.39, 0.29) is 31.1 Å². The Hall–Kier alpha value is -3.85. The average Bonchev–Trinajstić information content (AvgIpc) is 3.25. The molecule has 2 N–H and O–H groups in total. The van der Waals surface area contributed by atoms with Gasteiger partial charge in [-0.25, -0.2) is 9.78 Å². The number of hydrogen-bond donors (Lipinski definition) is 2. The van der Waals surface area contributed by atoms with Crippen LogP contribution in [0.3, 0.4) is 0 Å². The van der Waals surface area contributed by atoms with Gasteiger partial charge < -0.3 is 19.7 Å². The third kappa shape index (κ3) is 6.58. The molecule has 0 unspecified atom stereocenters. The van der Waals surface area contributed by atoms with E-state index in [4.69, 9.17) is 9.47 Å². The first kappa shape index (κ1) is 24.8. The highest BCUT2D eigenvalue weighted by molar-refractivity contribution is 5.93. The standard InChI is InChI=1S/C25H31N5O4/c1-18(2)26-25(32)29(14-15-33-3)17-23(31)28-24-27-22(19-8-6-5-7-9-19)16-30(24)20-10-12-21(34-4)13-11-20/h5-13,16,18H,14-15,17H2,1-4H3,(H,26,32)(H,27,28,31). The minimum absolute atomic E-state index is 0.0528. The average molecular weight is 466 g/mol. The number of imidazole rings is 1. The normalized spacial score (nSPS) is 10.7. The van der Waals surface area contributed by atoms with Gasteiger partial charge >= 0.3 is 6.03 Å². The van der Waals surface area contributed by atoms with Crippen LogP contribution in [-0.2, 0) is 9.53 Å². The summed E-state index contributed by atoms with van der Waals surface area (Å²) in [7, 11) is 3.16. The summed E-state index contributed by atoms with van der Waals surface area (Å²) in [6.07, 6.45) is 1.86. The molecule has 0 saturated heterocycles. The van der Waals surface area contributed by atoms with Crippen molar-refractivity contribution in [2.24, 2.45) is 0 Å². The third-order valence-corrected chi connectivity index (χ3v) is 4.98. The second-order valence-electron chi connectivity index (χ2n) is 7.95. The summed E-state index contributed by atoms with van der Waals surface area (Å²) < 4.78 is 12.1. The van der Waals surface area contributed by atoms with Crippen LogP contribution in [-0.4, -0.2) is 66.3 Å². The van der Waals surface area contributed by atoms with Gasteiger partial charge in [0.15, 0.2) is 0 Å². The van der Waals surface area contributed by atoms with E-state index in [1.165, 1.54) is 4.90 Å². The monoisotopic (exact) mass is 465 g/mol. The van der Waals surface area contributed by atoms with E-state index in [1.54, 1.807) is 18.8 Å². The first-order valence-corrected chi connectivity index (χ1v) is 11.0. The number of nitrogens with zero attached hydrogens (tertiary/aromatic N) is 3. The van der Waals surface area contributed by atoms with Crippen molar-refractivity contribution in [1.29, 1.82) is 0 Å². The van der Waals surface area contributed by atoms with Crippen LogP contribution in [0, 0.1) is 0 Å². The third-order valence-electron chi connectivity index (χ3n) is 4.98. The topological polar surface area (TPSA) is 97.7 Å². The molecule has 0 radical (unpaired) electrons. The quantitative estimate of drug-likeness (QED) is 0.477. The number of rotatable bonds is 10. The lowest BCUT2D eigenvalue weighted by Gasteiger charge is -2.23. The Bertz CT molecular complexity index is 1080. The summed E-state index contributed by atoms with van der Waals surface area (Å²) >= 11 is 0. The molecular weight excluding hydrogens is 434 g/mol. The zero-order valence-electron chi connectivity index (χ0n) is 19.9. The minimum atomic E-state index is -0.366. The highest BCUT2D eigenvalue weighted by Gasteiger charge is 2.20. The zero-order valence-corrected chi connectivity index (χ0v) is 19.9. The fourth-order valence-electron chi connectivity index (χ4n) is 3.29. The number of ether oxygens (including phenoxy) is 2. The fourth-order valence-corrected chi connectivity index (χ4v) is 3.29. The molecule has 0 aliphatic carbocycles. The maximum Gasteiger partial charge on any atom is 0.318 e. The number of hydrogen-bond acceptors (Lipinski definition) is 5. The summed E-state index contributed by atoms with van der Waals surface area (Å²) in [5.74, 6) is 0.711. The maximum atomic E-state index is 13.0. The number of carbonyl (C=O) groups is 2. The lowest BCUT2D eigenvalue weighted by atomic mass is 10.2. The van der Waals surface area contributed by atoms with Gasteiger partial charge in [-0.15, -0.1) is 0 Å². The summed E-state index contributed by atoms with van der Waals surface area (Å²) in [6, 6.07) is 16.8. The summed E-state index contributed by atoms with van der Waals surface area (Å²) in [5.41, 5.74) is 2.43. The summed E-state index contributed by atoms with van der Waals surface area (Å²) in [5, 5.41) is 5.68. The van der Waals surface area contributed by atoms with E-state index < -0.39 is 0 Å². The van der Waals surface area contributed by atoms with Gasteiger partial charge in [0, 0.05) is 37.1 Å². The molecule has 9 nitrogen and oxygen atoms in total. The second kappa shape index (κ2) is 11.9. The van der Waals surface area contributed by atoms with E-state index in [9.17, 15) is 9.59 Å². The van der Waals surface area contributed by atoms with E-state index in [0.29, 0.717) is 18.2 Å². The number of urea groups is 1. The molecule has 0 saturated carbocycles. The first-order valence-electron chi connectivity index (χ1n) is 11.0. The van der Waals surface area contributed by atoms with Crippen molar-refractivity contribution in [2.75, 3.05) is 39.2 Å². The molecule has 0 bridgehead atoms.